The van der Waals surface area contributed by atoms with E-state index >= 15 is 0 Å². The lowest BCUT2D eigenvalue weighted by Gasteiger charge is -2.08. The third-order valence-electron chi connectivity index (χ3n) is 2.91. The van der Waals surface area contributed by atoms with Crippen molar-refractivity contribution in [3.63, 3.8) is 0 Å². The fraction of sp³-hybridized carbons (Fsp3) is 0.188. The van der Waals surface area contributed by atoms with Crippen LogP contribution in [0.4, 0.5) is 4.79 Å². The van der Waals surface area contributed by atoms with Crippen LogP contribution in [0.1, 0.15) is 11.1 Å². The lowest BCUT2D eigenvalue weighted by Crippen LogP contribution is -2.36. The highest BCUT2D eigenvalue weighted by Gasteiger charge is 2.00. The summed E-state index contributed by atoms with van der Waals surface area (Å²) in [5, 5.41) is 6.34. The number of carbonyl (C=O) groups excluding carboxylic acids is 1. The molecule has 0 spiro atoms. The van der Waals surface area contributed by atoms with E-state index in [1.807, 2.05) is 54.6 Å². The van der Waals surface area contributed by atoms with Crippen LogP contribution in [0.25, 0.3) is 0 Å². The van der Waals surface area contributed by atoms with Crippen molar-refractivity contribution in [3.8, 4) is 0 Å². The fourth-order valence-electron chi connectivity index (χ4n) is 1.81. The number of urea groups is 1. The minimum atomic E-state index is -0.157. The van der Waals surface area contributed by atoms with Crippen molar-refractivity contribution >= 4 is 17.6 Å². The summed E-state index contributed by atoms with van der Waals surface area (Å²) < 4.78 is 0. The lowest BCUT2D eigenvalue weighted by atomic mass is 10.1. The normalized spacial score (nSPS) is 10.1. The molecule has 0 fully saturated rings. The van der Waals surface area contributed by atoms with E-state index in [1.165, 1.54) is 5.56 Å². The van der Waals surface area contributed by atoms with Crippen LogP contribution in [0, 0.1) is 0 Å². The quantitative estimate of drug-likeness (QED) is 0.870. The number of nitrogens with one attached hydrogen (secondary N) is 2. The molecule has 0 aliphatic rings. The van der Waals surface area contributed by atoms with Crippen LogP contribution >= 0.6 is 11.6 Å². The largest absolute Gasteiger partial charge is 0.338 e. The molecule has 2 N–H and O–H groups in total. The van der Waals surface area contributed by atoms with Crippen LogP contribution in [0.3, 0.4) is 0 Å². The number of hydrogen-bond acceptors (Lipinski definition) is 1. The van der Waals surface area contributed by atoms with E-state index in [4.69, 9.17) is 11.6 Å². The number of carbonyl (C=O) groups is 1. The van der Waals surface area contributed by atoms with Gasteiger partial charge < -0.3 is 10.6 Å². The van der Waals surface area contributed by atoms with Gasteiger partial charge in [-0.05, 0) is 29.7 Å². The number of hydrogen-bond donors (Lipinski definition) is 2. The van der Waals surface area contributed by atoms with Crippen molar-refractivity contribution in [2.75, 3.05) is 6.54 Å². The molecule has 104 valence electrons. The third kappa shape index (κ3) is 4.94. The summed E-state index contributed by atoms with van der Waals surface area (Å²) in [6.07, 6.45) is 0.829. The maximum Gasteiger partial charge on any atom is 0.315 e. The predicted molar refractivity (Wildman–Crippen MR) is 81.8 cm³/mol. The molecule has 0 aliphatic carbocycles. The zero-order chi connectivity index (χ0) is 14.2. The molecule has 0 saturated carbocycles. The molecule has 0 aliphatic heterocycles. The molecular formula is C16H17ClN2O. The van der Waals surface area contributed by atoms with Crippen molar-refractivity contribution in [1.82, 2.24) is 10.6 Å². The Morgan fingerprint density at radius 3 is 2.30 bits per heavy atom. The maximum absolute atomic E-state index is 11.6. The second-order valence-corrected chi connectivity index (χ2v) is 4.91. The second-order valence-electron chi connectivity index (χ2n) is 4.47. The van der Waals surface area contributed by atoms with Crippen molar-refractivity contribution in [3.05, 3.63) is 70.7 Å². The molecule has 20 heavy (non-hydrogen) atoms. The van der Waals surface area contributed by atoms with Gasteiger partial charge in [-0.3, -0.25) is 0 Å². The fourth-order valence-corrected chi connectivity index (χ4v) is 1.94. The minimum Gasteiger partial charge on any atom is -0.338 e. The molecule has 0 radical (unpaired) electrons. The van der Waals surface area contributed by atoms with Gasteiger partial charge >= 0.3 is 6.03 Å². The number of benzene rings is 2. The molecule has 0 bridgehead atoms. The van der Waals surface area contributed by atoms with Gasteiger partial charge in [-0.1, -0.05) is 54.1 Å². The van der Waals surface area contributed by atoms with Crippen LogP contribution in [0.5, 0.6) is 0 Å². The van der Waals surface area contributed by atoms with E-state index in [1.54, 1.807) is 0 Å². The van der Waals surface area contributed by atoms with Gasteiger partial charge in [0.25, 0.3) is 0 Å². The topological polar surface area (TPSA) is 41.1 Å². The molecule has 2 rings (SSSR count). The second kappa shape index (κ2) is 7.56. The van der Waals surface area contributed by atoms with Gasteiger partial charge in [0.15, 0.2) is 0 Å². The van der Waals surface area contributed by atoms with Gasteiger partial charge in [0.2, 0.25) is 0 Å². The van der Waals surface area contributed by atoms with Gasteiger partial charge in [0, 0.05) is 18.1 Å². The van der Waals surface area contributed by atoms with Crippen molar-refractivity contribution in [1.29, 1.82) is 0 Å². The Labute approximate surface area is 124 Å². The van der Waals surface area contributed by atoms with Crippen LogP contribution < -0.4 is 10.6 Å². The summed E-state index contributed by atoms with van der Waals surface area (Å²) in [7, 11) is 0. The van der Waals surface area contributed by atoms with Gasteiger partial charge in [0.1, 0.15) is 0 Å². The summed E-state index contributed by atoms with van der Waals surface area (Å²) >= 11 is 5.80. The van der Waals surface area contributed by atoms with Crippen molar-refractivity contribution < 1.29 is 4.79 Å². The summed E-state index contributed by atoms with van der Waals surface area (Å²) in [4.78, 5) is 11.6. The highest BCUT2D eigenvalue weighted by Crippen LogP contribution is 2.08. The first-order valence-corrected chi connectivity index (χ1v) is 6.92. The first kappa shape index (κ1) is 14.4. The van der Waals surface area contributed by atoms with Crippen molar-refractivity contribution in [2.24, 2.45) is 0 Å². The molecule has 2 amide bonds. The Balaban J connectivity index is 1.67. The molecule has 0 aromatic heterocycles. The van der Waals surface area contributed by atoms with Gasteiger partial charge in [-0.15, -0.1) is 0 Å². The number of halogens is 1. The first-order valence-electron chi connectivity index (χ1n) is 6.54. The van der Waals surface area contributed by atoms with Crippen LogP contribution in [-0.4, -0.2) is 12.6 Å². The van der Waals surface area contributed by atoms with Gasteiger partial charge in [-0.2, -0.15) is 0 Å². The number of amides is 2. The minimum absolute atomic E-state index is 0.157. The molecule has 2 aromatic carbocycles. The molecule has 2 aromatic rings. The smallest absolute Gasteiger partial charge is 0.315 e. The summed E-state index contributed by atoms with van der Waals surface area (Å²) in [6.45, 7) is 1.12. The highest BCUT2D eigenvalue weighted by molar-refractivity contribution is 6.30. The van der Waals surface area contributed by atoms with E-state index in [-0.39, 0.29) is 6.03 Å². The Hall–Kier alpha value is -2.00. The van der Waals surface area contributed by atoms with Gasteiger partial charge in [0.05, 0.1) is 0 Å². The first-order chi connectivity index (χ1) is 9.74. The average molecular weight is 289 g/mol. The van der Waals surface area contributed by atoms with Crippen LogP contribution in [-0.2, 0) is 13.0 Å². The van der Waals surface area contributed by atoms with Crippen LogP contribution in [0.15, 0.2) is 54.6 Å². The Bertz CT molecular complexity index is 540. The zero-order valence-corrected chi connectivity index (χ0v) is 11.9. The van der Waals surface area contributed by atoms with Crippen molar-refractivity contribution in [2.45, 2.75) is 13.0 Å². The Kier molecular flexibility index (Phi) is 5.44. The monoisotopic (exact) mass is 288 g/mol. The van der Waals surface area contributed by atoms with Gasteiger partial charge in [-0.25, -0.2) is 4.79 Å². The standard InChI is InChI=1S/C16H17ClN2O/c17-15-8-6-14(7-9-15)12-19-16(20)18-11-10-13-4-2-1-3-5-13/h1-9H,10-12H2,(H2,18,19,20). The number of rotatable bonds is 5. The lowest BCUT2D eigenvalue weighted by molar-refractivity contribution is 0.240. The SMILES string of the molecule is O=C(NCCc1ccccc1)NCc1ccc(Cl)cc1. The van der Waals surface area contributed by atoms with E-state index < -0.39 is 0 Å². The maximum atomic E-state index is 11.6. The average Bonchev–Trinajstić information content (AvgIpc) is 2.48. The van der Waals surface area contributed by atoms with E-state index in [2.05, 4.69) is 10.6 Å². The van der Waals surface area contributed by atoms with Crippen LogP contribution in [0.2, 0.25) is 5.02 Å². The molecular weight excluding hydrogens is 272 g/mol. The van der Waals surface area contributed by atoms with E-state index in [0.29, 0.717) is 18.1 Å². The van der Waals surface area contributed by atoms with E-state index in [9.17, 15) is 4.79 Å². The summed E-state index contributed by atoms with van der Waals surface area (Å²) in [5.41, 5.74) is 2.23. The molecule has 4 heteroatoms. The molecule has 3 nitrogen and oxygen atoms in total. The molecule has 0 saturated heterocycles. The summed E-state index contributed by atoms with van der Waals surface area (Å²) in [5.74, 6) is 0. The predicted octanol–water partition coefficient (Wildman–Crippen LogP) is 3.38. The molecule has 0 atom stereocenters. The Morgan fingerprint density at radius 1 is 0.900 bits per heavy atom. The highest BCUT2D eigenvalue weighted by atomic mass is 35.5. The molecule has 0 unspecified atom stereocenters. The van der Waals surface area contributed by atoms with E-state index in [0.717, 1.165) is 12.0 Å². The molecule has 0 heterocycles. The summed E-state index contributed by atoms with van der Waals surface area (Å²) in [6, 6.07) is 17.3. The zero-order valence-electron chi connectivity index (χ0n) is 11.1. The Morgan fingerprint density at radius 2 is 1.60 bits per heavy atom. The third-order valence-corrected chi connectivity index (χ3v) is 3.16.